The largest absolute Gasteiger partial charge is 0.384 e. The van der Waals surface area contributed by atoms with E-state index in [0.717, 1.165) is 37.1 Å². The SMILES string of the molecule is Cc1nc(N)ccc1CNC(=O)[C@@H]1CCN1C(=O)[C@H]1C[C@@H](C)CCN1C. The molecule has 3 heterocycles. The van der Waals surface area contributed by atoms with Crippen LogP contribution in [0.1, 0.15) is 37.4 Å². The number of hydrogen-bond donors (Lipinski definition) is 2. The third-order valence-corrected chi connectivity index (χ3v) is 5.69. The number of likely N-dealkylation sites (N-methyl/N-ethyl adjacent to an activating group) is 1. The number of pyridine rings is 1. The number of carbonyl (C=O) groups excluding carboxylic acids is 2. The van der Waals surface area contributed by atoms with Crippen LogP contribution in [0, 0.1) is 12.8 Å². The lowest BCUT2D eigenvalue weighted by Gasteiger charge is -2.45. The van der Waals surface area contributed by atoms with E-state index in [1.807, 2.05) is 20.0 Å². The minimum atomic E-state index is -0.352. The molecule has 7 nitrogen and oxygen atoms in total. The van der Waals surface area contributed by atoms with Crippen molar-refractivity contribution in [3.05, 3.63) is 23.4 Å². The molecule has 0 spiro atoms. The van der Waals surface area contributed by atoms with Crippen LogP contribution < -0.4 is 11.1 Å². The predicted octanol–water partition coefficient (Wildman–Crippen LogP) is 0.920. The molecule has 2 aliphatic heterocycles. The third-order valence-electron chi connectivity index (χ3n) is 5.69. The van der Waals surface area contributed by atoms with Crippen LogP contribution in [0.25, 0.3) is 0 Å². The van der Waals surface area contributed by atoms with Gasteiger partial charge in [0, 0.05) is 18.8 Å². The van der Waals surface area contributed by atoms with Crippen LogP contribution in [-0.4, -0.2) is 58.8 Å². The zero-order chi connectivity index (χ0) is 18.8. The molecule has 0 unspecified atom stereocenters. The zero-order valence-corrected chi connectivity index (χ0v) is 15.9. The van der Waals surface area contributed by atoms with Crippen LogP contribution >= 0.6 is 0 Å². The topological polar surface area (TPSA) is 91.6 Å². The van der Waals surface area contributed by atoms with Gasteiger partial charge in [0.25, 0.3) is 0 Å². The Hall–Kier alpha value is -2.15. The highest BCUT2D eigenvalue weighted by molar-refractivity contribution is 5.91. The first-order chi connectivity index (χ1) is 12.4. The minimum absolute atomic E-state index is 0.0904. The molecule has 3 N–H and O–H groups in total. The van der Waals surface area contributed by atoms with Crippen molar-refractivity contribution in [1.29, 1.82) is 0 Å². The number of anilines is 1. The van der Waals surface area contributed by atoms with Gasteiger partial charge in [-0.2, -0.15) is 0 Å². The molecule has 26 heavy (non-hydrogen) atoms. The number of hydrogen-bond acceptors (Lipinski definition) is 5. The van der Waals surface area contributed by atoms with E-state index in [1.54, 1.807) is 11.0 Å². The number of rotatable bonds is 4. The van der Waals surface area contributed by atoms with Crippen molar-refractivity contribution in [2.45, 2.75) is 51.7 Å². The number of nitrogens with zero attached hydrogens (tertiary/aromatic N) is 3. The maximum absolute atomic E-state index is 12.9. The first-order valence-corrected chi connectivity index (χ1v) is 9.37. The number of likely N-dealkylation sites (tertiary alicyclic amines) is 2. The molecule has 0 aliphatic carbocycles. The number of amides is 2. The van der Waals surface area contributed by atoms with E-state index in [0.29, 0.717) is 24.8 Å². The van der Waals surface area contributed by atoms with Crippen LogP contribution in [0.3, 0.4) is 0 Å². The first kappa shape index (κ1) is 18.6. The van der Waals surface area contributed by atoms with Crippen LogP contribution in [-0.2, 0) is 16.1 Å². The summed E-state index contributed by atoms with van der Waals surface area (Å²) >= 11 is 0. The van der Waals surface area contributed by atoms with Gasteiger partial charge in [-0.1, -0.05) is 13.0 Å². The molecule has 2 aliphatic rings. The molecule has 2 fully saturated rings. The third kappa shape index (κ3) is 3.82. The normalized spacial score (nSPS) is 26.3. The second-order valence-corrected chi connectivity index (χ2v) is 7.66. The van der Waals surface area contributed by atoms with E-state index in [1.165, 1.54) is 0 Å². The molecule has 1 aromatic heterocycles. The Morgan fingerprint density at radius 3 is 2.69 bits per heavy atom. The summed E-state index contributed by atoms with van der Waals surface area (Å²) in [6.07, 6.45) is 2.72. The van der Waals surface area contributed by atoms with Gasteiger partial charge in [-0.3, -0.25) is 14.5 Å². The van der Waals surface area contributed by atoms with Crippen molar-refractivity contribution in [3.8, 4) is 0 Å². The molecule has 0 bridgehead atoms. The van der Waals surface area contributed by atoms with Crippen LogP contribution in [0.5, 0.6) is 0 Å². The Bertz CT molecular complexity index is 693. The lowest BCUT2D eigenvalue weighted by Crippen LogP contribution is -2.62. The number of aromatic nitrogens is 1. The quantitative estimate of drug-likeness (QED) is 0.834. The highest BCUT2D eigenvalue weighted by Gasteiger charge is 2.42. The van der Waals surface area contributed by atoms with Crippen LogP contribution in [0.4, 0.5) is 5.82 Å². The molecule has 0 aromatic carbocycles. The second-order valence-electron chi connectivity index (χ2n) is 7.66. The average Bonchev–Trinajstić information content (AvgIpc) is 2.55. The summed E-state index contributed by atoms with van der Waals surface area (Å²) in [4.78, 5) is 33.5. The van der Waals surface area contributed by atoms with Gasteiger partial charge >= 0.3 is 0 Å². The van der Waals surface area contributed by atoms with E-state index in [-0.39, 0.29) is 23.9 Å². The molecule has 142 valence electrons. The Labute approximate surface area is 154 Å². The second kappa shape index (κ2) is 7.61. The molecule has 2 saturated heterocycles. The predicted molar refractivity (Wildman–Crippen MR) is 100 cm³/mol. The number of nitrogens with one attached hydrogen (secondary N) is 1. The standard InChI is InChI=1S/C19H29N5O2/c1-12-6-8-23(3)16(10-12)19(26)24-9-7-15(24)18(25)21-11-14-4-5-17(20)22-13(14)2/h4-5,12,15-16H,6-11H2,1-3H3,(H2,20,22)(H,21,25)/t12-,15-,16+/m0/s1. The first-order valence-electron chi connectivity index (χ1n) is 9.37. The van der Waals surface area contributed by atoms with Gasteiger partial charge in [-0.05, 0) is 57.3 Å². The van der Waals surface area contributed by atoms with Gasteiger partial charge in [-0.15, -0.1) is 0 Å². The molecule has 1 aromatic rings. The van der Waals surface area contributed by atoms with E-state index in [9.17, 15) is 9.59 Å². The van der Waals surface area contributed by atoms with Gasteiger partial charge in [0.15, 0.2) is 0 Å². The summed E-state index contributed by atoms with van der Waals surface area (Å²) in [5, 5.41) is 2.94. The smallest absolute Gasteiger partial charge is 0.243 e. The summed E-state index contributed by atoms with van der Waals surface area (Å²) in [7, 11) is 2.00. The summed E-state index contributed by atoms with van der Waals surface area (Å²) < 4.78 is 0. The highest BCUT2D eigenvalue weighted by Crippen LogP contribution is 2.26. The Morgan fingerprint density at radius 2 is 2.04 bits per heavy atom. The van der Waals surface area contributed by atoms with Gasteiger partial charge in [0.05, 0.1) is 6.04 Å². The zero-order valence-electron chi connectivity index (χ0n) is 15.9. The molecule has 0 saturated carbocycles. The molecule has 0 radical (unpaired) electrons. The number of aryl methyl sites for hydroxylation is 1. The monoisotopic (exact) mass is 359 g/mol. The minimum Gasteiger partial charge on any atom is -0.384 e. The molecular formula is C19H29N5O2. The maximum Gasteiger partial charge on any atom is 0.243 e. The van der Waals surface area contributed by atoms with E-state index >= 15 is 0 Å². The number of carbonyl (C=O) groups is 2. The fraction of sp³-hybridized carbons (Fsp3) is 0.632. The van der Waals surface area contributed by atoms with Gasteiger partial charge in [0.2, 0.25) is 11.8 Å². The van der Waals surface area contributed by atoms with Crippen molar-refractivity contribution in [3.63, 3.8) is 0 Å². The van der Waals surface area contributed by atoms with Crippen molar-refractivity contribution >= 4 is 17.6 Å². The average molecular weight is 359 g/mol. The Kier molecular flexibility index (Phi) is 5.46. The van der Waals surface area contributed by atoms with Gasteiger partial charge in [0.1, 0.15) is 11.9 Å². The number of nitrogen functional groups attached to an aromatic ring is 1. The fourth-order valence-corrected chi connectivity index (χ4v) is 3.76. The molecule has 7 heteroatoms. The molecule has 3 rings (SSSR count). The number of nitrogens with two attached hydrogens (primary N) is 1. The van der Waals surface area contributed by atoms with Crippen LogP contribution in [0.2, 0.25) is 0 Å². The van der Waals surface area contributed by atoms with Crippen molar-refractivity contribution < 1.29 is 9.59 Å². The highest BCUT2D eigenvalue weighted by atomic mass is 16.2. The lowest BCUT2D eigenvalue weighted by atomic mass is 9.90. The fourth-order valence-electron chi connectivity index (χ4n) is 3.76. The molecule has 3 atom stereocenters. The van der Waals surface area contributed by atoms with Crippen molar-refractivity contribution in [2.75, 3.05) is 25.9 Å². The van der Waals surface area contributed by atoms with E-state index in [2.05, 4.69) is 22.1 Å². The van der Waals surface area contributed by atoms with E-state index in [4.69, 9.17) is 5.73 Å². The number of piperidine rings is 1. The molecule has 2 amide bonds. The summed E-state index contributed by atoms with van der Waals surface area (Å²) in [6, 6.07) is 3.15. The summed E-state index contributed by atoms with van der Waals surface area (Å²) in [5.41, 5.74) is 7.40. The van der Waals surface area contributed by atoms with Gasteiger partial charge in [-0.25, -0.2) is 4.98 Å². The summed E-state index contributed by atoms with van der Waals surface area (Å²) in [6.45, 7) is 6.06. The lowest BCUT2D eigenvalue weighted by molar-refractivity contribution is -0.152. The Morgan fingerprint density at radius 1 is 1.27 bits per heavy atom. The molecular weight excluding hydrogens is 330 g/mol. The maximum atomic E-state index is 12.9. The van der Waals surface area contributed by atoms with Crippen molar-refractivity contribution in [2.24, 2.45) is 5.92 Å². The Balaban J connectivity index is 1.57. The van der Waals surface area contributed by atoms with Crippen molar-refractivity contribution in [1.82, 2.24) is 20.1 Å². The van der Waals surface area contributed by atoms with Crippen LogP contribution in [0.15, 0.2) is 12.1 Å². The van der Waals surface area contributed by atoms with E-state index < -0.39 is 0 Å². The summed E-state index contributed by atoms with van der Waals surface area (Å²) in [5.74, 6) is 1.02. The van der Waals surface area contributed by atoms with Gasteiger partial charge < -0.3 is 16.0 Å².